The Morgan fingerprint density at radius 1 is 1.40 bits per heavy atom. The molecular weight excluding hydrogens is 341 g/mol. The maximum Gasteiger partial charge on any atom is 0.228 e. The highest BCUT2D eigenvalue weighted by molar-refractivity contribution is 7.22. The summed E-state index contributed by atoms with van der Waals surface area (Å²) in [5.74, 6) is -0.300. The van der Waals surface area contributed by atoms with Crippen LogP contribution in [0, 0.1) is 6.92 Å². The molecule has 2 aromatic rings. The van der Waals surface area contributed by atoms with Gasteiger partial charge in [-0.05, 0) is 24.6 Å². The van der Waals surface area contributed by atoms with E-state index >= 15 is 0 Å². The molecule has 0 spiro atoms. The molecule has 0 aliphatic heterocycles. The fraction of sp³-hybridized carbons (Fsp3) is 0.333. The molecule has 8 heteroatoms. The van der Waals surface area contributed by atoms with Gasteiger partial charge in [0.25, 0.3) is 0 Å². The summed E-state index contributed by atoms with van der Waals surface area (Å²) in [4.78, 5) is 15.6. The van der Waals surface area contributed by atoms with E-state index < -0.39 is 9.96 Å². The lowest BCUT2D eigenvalue weighted by atomic mass is 10.2. The van der Waals surface area contributed by atoms with Crippen molar-refractivity contribution in [1.82, 2.24) is 10.3 Å². The Morgan fingerprint density at radius 3 is 2.70 bits per heavy atom. The molecule has 0 radical (unpaired) electrons. The molecule has 1 heterocycles. The highest BCUT2D eigenvalue weighted by Crippen LogP contribution is 2.33. The summed E-state index contributed by atoms with van der Waals surface area (Å²) < 4.78 is -0.655. The van der Waals surface area contributed by atoms with E-state index in [9.17, 15) is 4.79 Å². The number of anilines is 1. The normalized spacial score (nSPS) is 13.2. The summed E-state index contributed by atoms with van der Waals surface area (Å²) in [7, 11) is 0. The van der Waals surface area contributed by atoms with E-state index in [1.54, 1.807) is 0 Å². The van der Waals surface area contributed by atoms with Crippen molar-refractivity contribution in [3.05, 3.63) is 23.8 Å². The average molecular weight is 353 g/mol. The molecule has 0 aliphatic rings. The van der Waals surface area contributed by atoms with Gasteiger partial charge >= 0.3 is 0 Å². The molecule has 2 N–H and O–H groups in total. The third-order valence-corrected chi connectivity index (χ3v) is 4.09. The smallest absolute Gasteiger partial charge is 0.228 e. The number of rotatable bonds is 3. The number of hydrogen-bond acceptors (Lipinski definition) is 4. The second-order valence-electron chi connectivity index (χ2n) is 4.31. The number of hydrogen-bond donors (Lipinski definition) is 2. The van der Waals surface area contributed by atoms with Gasteiger partial charge in [0.15, 0.2) is 5.13 Å². The van der Waals surface area contributed by atoms with E-state index in [4.69, 9.17) is 34.8 Å². The summed E-state index contributed by atoms with van der Waals surface area (Å²) in [5, 5.41) is 6.06. The number of alkyl halides is 3. The van der Waals surface area contributed by atoms with Crippen molar-refractivity contribution in [2.75, 3.05) is 5.32 Å². The molecule has 4 nitrogen and oxygen atoms in total. The zero-order chi connectivity index (χ0) is 14.9. The van der Waals surface area contributed by atoms with Gasteiger partial charge in [-0.2, -0.15) is 0 Å². The van der Waals surface area contributed by atoms with Crippen LogP contribution in [0.2, 0.25) is 0 Å². The zero-order valence-corrected chi connectivity index (χ0v) is 13.8. The van der Waals surface area contributed by atoms with Gasteiger partial charge in [0.05, 0.1) is 10.2 Å². The van der Waals surface area contributed by atoms with Gasteiger partial charge in [0.2, 0.25) is 9.70 Å². The molecule has 1 amide bonds. The molecule has 0 unspecified atom stereocenters. The Bertz CT molecular complexity index is 638. The maximum absolute atomic E-state index is 11.2. The predicted octanol–water partition coefficient (Wildman–Crippen LogP) is 3.85. The molecule has 1 atom stereocenters. The number of nitrogens with zero attached hydrogens (tertiary/aromatic N) is 1. The van der Waals surface area contributed by atoms with Crippen molar-refractivity contribution in [2.24, 2.45) is 0 Å². The van der Waals surface area contributed by atoms with Gasteiger partial charge in [0, 0.05) is 6.92 Å². The molecule has 1 aromatic heterocycles. The van der Waals surface area contributed by atoms with Crippen LogP contribution >= 0.6 is 46.1 Å². The van der Waals surface area contributed by atoms with Crippen molar-refractivity contribution < 1.29 is 4.79 Å². The molecule has 108 valence electrons. The minimum Gasteiger partial charge on any atom is -0.338 e. The molecule has 2 rings (SSSR count). The zero-order valence-electron chi connectivity index (χ0n) is 10.7. The fourth-order valence-corrected chi connectivity index (χ4v) is 2.94. The van der Waals surface area contributed by atoms with Gasteiger partial charge in [-0.15, -0.1) is 0 Å². The molecule has 0 aliphatic carbocycles. The first-order chi connectivity index (χ1) is 9.25. The van der Waals surface area contributed by atoms with Gasteiger partial charge in [-0.1, -0.05) is 52.2 Å². The van der Waals surface area contributed by atoms with Gasteiger partial charge < -0.3 is 10.6 Å². The standard InChI is InChI=1S/C12H12Cl3N3OS/c1-6-3-4-8-9(5-6)20-11(17-8)18-10(12(13,14)15)16-7(2)19/h3-5,10H,1-2H3,(H,16,19)(H,17,18)/t10-/m1/s1. The van der Waals surface area contributed by atoms with Gasteiger partial charge in [-0.3, -0.25) is 4.79 Å². The van der Waals surface area contributed by atoms with Crippen LogP contribution in [-0.4, -0.2) is 20.8 Å². The topological polar surface area (TPSA) is 54.0 Å². The van der Waals surface area contributed by atoms with Crippen LogP contribution in [0.5, 0.6) is 0 Å². The van der Waals surface area contributed by atoms with Crippen molar-refractivity contribution in [3.63, 3.8) is 0 Å². The quantitative estimate of drug-likeness (QED) is 0.651. The second kappa shape index (κ2) is 5.93. The lowest BCUT2D eigenvalue weighted by molar-refractivity contribution is -0.119. The van der Waals surface area contributed by atoms with E-state index in [1.807, 2.05) is 25.1 Å². The van der Waals surface area contributed by atoms with Crippen LogP contribution in [0.4, 0.5) is 5.13 Å². The summed E-state index contributed by atoms with van der Waals surface area (Å²) in [6, 6.07) is 5.93. The first-order valence-corrected chi connectivity index (χ1v) is 7.68. The highest BCUT2D eigenvalue weighted by atomic mass is 35.6. The number of aryl methyl sites for hydroxylation is 1. The van der Waals surface area contributed by atoms with Crippen LogP contribution in [0.1, 0.15) is 12.5 Å². The minimum atomic E-state index is -1.68. The van der Waals surface area contributed by atoms with Crippen LogP contribution in [-0.2, 0) is 4.79 Å². The van der Waals surface area contributed by atoms with Crippen LogP contribution < -0.4 is 10.6 Å². The van der Waals surface area contributed by atoms with E-state index in [-0.39, 0.29) is 5.91 Å². The molecule has 0 bridgehead atoms. The first-order valence-electron chi connectivity index (χ1n) is 5.73. The van der Waals surface area contributed by atoms with Crippen molar-refractivity contribution in [2.45, 2.75) is 23.8 Å². The average Bonchev–Trinajstić information content (AvgIpc) is 2.67. The number of amides is 1. The number of nitrogens with one attached hydrogen (secondary N) is 2. The Kier molecular flexibility index (Phi) is 4.64. The number of fused-ring (bicyclic) bond motifs is 1. The van der Waals surface area contributed by atoms with Crippen molar-refractivity contribution in [1.29, 1.82) is 0 Å². The van der Waals surface area contributed by atoms with E-state index in [0.29, 0.717) is 5.13 Å². The number of carbonyl (C=O) groups excluding carboxylic acids is 1. The third-order valence-electron chi connectivity index (χ3n) is 2.49. The fourth-order valence-electron chi connectivity index (χ4n) is 1.62. The Morgan fingerprint density at radius 2 is 2.10 bits per heavy atom. The van der Waals surface area contributed by atoms with Gasteiger partial charge in [-0.25, -0.2) is 4.98 Å². The monoisotopic (exact) mass is 351 g/mol. The van der Waals surface area contributed by atoms with Crippen LogP contribution in [0.3, 0.4) is 0 Å². The second-order valence-corrected chi connectivity index (χ2v) is 7.71. The molecule has 1 aromatic carbocycles. The lowest BCUT2D eigenvalue weighted by Gasteiger charge is -2.25. The summed E-state index contributed by atoms with van der Waals surface area (Å²) >= 11 is 19.0. The van der Waals surface area contributed by atoms with Crippen molar-refractivity contribution in [3.8, 4) is 0 Å². The van der Waals surface area contributed by atoms with Crippen LogP contribution in [0.15, 0.2) is 18.2 Å². The third kappa shape index (κ3) is 3.88. The minimum absolute atomic E-state index is 0.300. The summed E-state index contributed by atoms with van der Waals surface area (Å²) in [6.07, 6.45) is -0.855. The lowest BCUT2D eigenvalue weighted by Crippen LogP contribution is -2.48. The Labute approximate surface area is 135 Å². The van der Waals surface area contributed by atoms with E-state index in [1.165, 1.54) is 18.3 Å². The van der Waals surface area contributed by atoms with Gasteiger partial charge in [0.1, 0.15) is 6.17 Å². The van der Waals surface area contributed by atoms with E-state index in [2.05, 4.69) is 15.6 Å². The van der Waals surface area contributed by atoms with Crippen LogP contribution in [0.25, 0.3) is 10.2 Å². The summed E-state index contributed by atoms with van der Waals surface area (Å²) in [6.45, 7) is 3.36. The number of benzene rings is 1. The number of halogens is 3. The van der Waals surface area contributed by atoms with E-state index in [0.717, 1.165) is 15.8 Å². The molecule has 20 heavy (non-hydrogen) atoms. The first kappa shape index (κ1) is 15.6. The number of thiazole rings is 1. The maximum atomic E-state index is 11.2. The Balaban J connectivity index is 2.26. The SMILES string of the molecule is CC(=O)N[C@H](Nc1nc2ccc(C)cc2s1)C(Cl)(Cl)Cl. The molecular formula is C12H12Cl3N3OS. The highest BCUT2D eigenvalue weighted by Gasteiger charge is 2.34. The molecule has 0 saturated carbocycles. The summed E-state index contributed by atoms with van der Waals surface area (Å²) in [5.41, 5.74) is 2.00. The van der Waals surface area contributed by atoms with Crippen molar-refractivity contribution >= 4 is 67.4 Å². The Hall–Kier alpha value is -0.750. The predicted molar refractivity (Wildman–Crippen MR) is 85.9 cm³/mol. The molecule has 0 saturated heterocycles. The number of carbonyl (C=O) groups is 1. The molecule has 0 fully saturated rings. The largest absolute Gasteiger partial charge is 0.338 e. The number of aromatic nitrogens is 1.